The Bertz CT molecular complexity index is 1130. The summed E-state index contributed by atoms with van der Waals surface area (Å²) < 4.78 is 24.3. The normalized spacial score (nSPS) is 11.0. The van der Waals surface area contributed by atoms with Gasteiger partial charge in [-0.25, -0.2) is 9.37 Å². The summed E-state index contributed by atoms with van der Waals surface area (Å²) in [5.41, 5.74) is 2.06. The Labute approximate surface area is 166 Å². The van der Waals surface area contributed by atoms with Gasteiger partial charge in [0.2, 0.25) is 5.71 Å². The monoisotopic (exact) mass is 391 g/mol. The molecule has 4 rings (SSSR count). The van der Waals surface area contributed by atoms with E-state index < -0.39 is 0 Å². The minimum absolute atomic E-state index is 0.0519. The van der Waals surface area contributed by atoms with Gasteiger partial charge in [0.25, 0.3) is 0 Å². The first-order valence-electron chi connectivity index (χ1n) is 9.12. The molecule has 1 N–H and O–H groups in total. The maximum absolute atomic E-state index is 13.0. The predicted octanol–water partition coefficient (Wildman–Crippen LogP) is 4.61. The van der Waals surface area contributed by atoms with E-state index in [9.17, 15) is 14.3 Å². The van der Waals surface area contributed by atoms with Crippen LogP contribution in [0.3, 0.4) is 0 Å². The van der Waals surface area contributed by atoms with Gasteiger partial charge in [-0.2, -0.15) is 0 Å². The highest BCUT2D eigenvalue weighted by atomic mass is 19.1. The molecular formula is C23H18FNO4. The Morgan fingerprint density at radius 1 is 1.00 bits per heavy atom. The van der Waals surface area contributed by atoms with Crippen LogP contribution in [0.25, 0.3) is 11.1 Å². The number of pyridine rings is 1. The van der Waals surface area contributed by atoms with Crippen LogP contribution in [0.2, 0.25) is 0 Å². The molecule has 0 spiro atoms. The van der Waals surface area contributed by atoms with Crippen molar-refractivity contribution in [3.63, 3.8) is 0 Å². The highest BCUT2D eigenvalue weighted by Gasteiger charge is 2.11. The first-order valence-corrected chi connectivity index (χ1v) is 9.12. The molecule has 2 heterocycles. The molecule has 0 unspecified atom stereocenters. The van der Waals surface area contributed by atoms with Crippen LogP contribution >= 0.6 is 0 Å². The summed E-state index contributed by atoms with van der Waals surface area (Å²) in [7, 11) is 0. The van der Waals surface area contributed by atoms with Crippen LogP contribution in [0.1, 0.15) is 16.9 Å². The molecule has 146 valence electrons. The van der Waals surface area contributed by atoms with Gasteiger partial charge in [-0.05, 0) is 41.5 Å². The number of furan rings is 1. The SMILES string of the molecule is O=C(Cc1ccc(F)cc1)Cc1ccc(Oc2ccnc3oc(CO)cc23)cc1. The number of hydrogen-bond donors (Lipinski definition) is 1. The Hall–Kier alpha value is -3.51. The summed E-state index contributed by atoms with van der Waals surface area (Å²) in [6.45, 7) is -0.212. The first kappa shape index (κ1) is 18.8. The van der Waals surface area contributed by atoms with Crippen LogP contribution in [0.4, 0.5) is 4.39 Å². The van der Waals surface area contributed by atoms with Crippen LogP contribution in [-0.4, -0.2) is 15.9 Å². The lowest BCUT2D eigenvalue weighted by Gasteiger charge is -2.07. The fourth-order valence-electron chi connectivity index (χ4n) is 3.06. The lowest BCUT2D eigenvalue weighted by atomic mass is 10.0. The standard InChI is InChI=1S/C23H18FNO4/c24-17-5-1-15(2-6-17)11-18(27)12-16-3-7-19(8-4-16)28-22-9-10-25-23-21(22)13-20(14-26)29-23/h1-10,13,26H,11-12,14H2. The molecule has 6 heteroatoms. The van der Waals surface area contributed by atoms with Crippen molar-refractivity contribution >= 4 is 16.9 Å². The van der Waals surface area contributed by atoms with Crippen molar-refractivity contribution < 1.29 is 23.4 Å². The molecule has 0 aliphatic rings. The van der Waals surface area contributed by atoms with Crippen LogP contribution in [0, 0.1) is 5.82 Å². The number of fused-ring (bicyclic) bond motifs is 1. The van der Waals surface area contributed by atoms with E-state index >= 15 is 0 Å². The molecule has 0 amide bonds. The van der Waals surface area contributed by atoms with E-state index in [1.165, 1.54) is 12.1 Å². The van der Waals surface area contributed by atoms with Gasteiger partial charge in [-0.3, -0.25) is 4.79 Å². The topological polar surface area (TPSA) is 72.6 Å². The number of rotatable bonds is 7. The maximum atomic E-state index is 13.0. The van der Waals surface area contributed by atoms with Crippen LogP contribution in [0.5, 0.6) is 11.5 Å². The average Bonchev–Trinajstić information content (AvgIpc) is 3.16. The second kappa shape index (κ2) is 8.24. The van der Waals surface area contributed by atoms with Gasteiger partial charge < -0.3 is 14.3 Å². The Morgan fingerprint density at radius 3 is 2.31 bits per heavy atom. The number of aromatic nitrogens is 1. The van der Waals surface area contributed by atoms with E-state index in [1.807, 2.05) is 12.1 Å². The van der Waals surface area contributed by atoms with Crippen molar-refractivity contribution in [2.24, 2.45) is 0 Å². The highest BCUT2D eigenvalue weighted by Crippen LogP contribution is 2.31. The minimum Gasteiger partial charge on any atom is -0.456 e. The summed E-state index contributed by atoms with van der Waals surface area (Å²) in [6.07, 6.45) is 2.13. The van der Waals surface area contributed by atoms with Crippen molar-refractivity contribution in [1.82, 2.24) is 4.98 Å². The third-order valence-electron chi connectivity index (χ3n) is 4.47. The molecule has 0 bridgehead atoms. The van der Waals surface area contributed by atoms with E-state index in [2.05, 4.69) is 4.98 Å². The summed E-state index contributed by atoms with van der Waals surface area (Å²) in [5, 5.41) is 9.90. The zero-order chi connectivity index (χ0) is 20.2. The molecular weight excluding hydrogens is 373 g/mol. The van der Waals surface area contributed by atoms with Crippen molar-refractivity contribution in [3.05, 3.63) is 89.6 Å². The van der Waals surface area contributed by atoms with Gasteiger partial charge in [-0.15, -0.1) is 0 Å². The van der Waals surface area contributed by atoms with Gasteiger partial charge in [0.1, 0.15) is 35.5 Å². The molecule has 2 aromatic carbocycles. The number of hydrogen-bond acceptors (Lipinski definition) is 5. The third-order valence-corrected chi connectivity index (χ3v) is 4.47. The van der Waals surface area contributed by atoms with Gasteiger partial charge in [0, 0.05) is 25.1 Å². The van der Waals surface area contributed by atoms with E-state index in [1.54, 1.807) is 42.6 Å². The molecule has 0 saturated heterocycles. The number of ether oxygens (including phenoxy) is 1. The second-order valence-electron chi connectivity index (χ2n) is 6.66. The van der Waals surface area contributed by atoms with Crippen molar-refractivity contribution in [1.29, 1.82) is 0 Å². The number of Topliss-reactive ketones (excluding diaryl/α,β-unsaturated/α-hetero) is 1. The molecule has 0 radical (unpaired) electrons. The smallest absolute Gasteiger partial charge is 0.230 e. The van der Waals surface area contributed by atoms with Gasteiger partial charge >= 0.3 is 0 Å². The molecule has 29 heavy (non-hydrogen) atoms. The van der Waals surface area contributed by atoms with E-state index in [4.69, 9.17) is 9.15 Å². The number of halogens is 1. The van der Waals surface area contributed by atoms with Crippen molar-refractivity contribution in [3.8, 4) is 11.5 Å². The summed E-state index contributed by atoms with van der Waals surface area (Å²) in [6, 6.07) is 16.6. The average molecular weight is 391 g/mol. The first-order chi connectivity index (χ1) is 14.1. The summed E-state index contributed by atoms with van der Waals surface area (Å²) in [4.78, 5) is 16.4. The largest absolute Gasteiger partial charge is 0.456 e. The quantitative estimate of drug-likeness (QED) is 0.498. The third kappa shape index (κ3) is 4.50. The maximum Gasteiger partial charge on any atom is 0.230 e. The molecule has 0 saturated carbocycles. The Kier molecular flexibility index (Phi) is 5.35. The van der Waals surface area contributed by atoms with Crippen LogP contribution < -0.4 is 4.74 Å². The summed E-state index contributed by atoms with van der Waals surface area (Å²) in [5.74, 6) is 1.33. The molecule has 5 nitrogen and oxygen atoms in total. The zero-order valence-electron chi connectivity index (χ0n) is 15.5. The van der Waals surface area contributed by atoms with Crippen molar-refractivity contribution in [2.45, 2.75) is 19.4 Å². The second-order valence-corrected chi connectivity index (χ2v) is 6.66. The lowest BCUT2D eigenvalue weighted by Crippen LogP contribution is -2.06. The molecule has 4 aromatic rings. The fraction of sp³-hybridized carbons (Fsp3) is 0.130. The molecule has 0 fully saturated rings. The van der Waals surface area contributed by atoms with Gasteiger partial charge in [0.15, 0.2) is 0 Å². The number of benzene rings is 2. The number of carbonyl (C=O) groups excluding carboxylic acids is 1. The molecule has 2 aromatic heterocycles. The number of nitrogens with zero attached hydrogens (tertiary/aromatic N) is 1. The number of ketones is 1. The minimum atomic E-state index is -0.314. The van der Waals surface area contributed by atoms with Crippen LogP contribution in [-0.2, 0) is 24.2 Å². The number of aliphatic hydroxyl groups is 1. The summed E-state index contributed by atoms with van der Waals surface area (Å²) >= 11 is 0. The predicted molar refractivity (Wildman–Crippen MR) is 105 cm³/mol. The molecule has 0 atom stereocenters. The number of aliphatic hydroxyl groups excluding tert-OH is 1. The Balaban J connectivity index is 1.42. The van der Waals surface area contributed by atoms with Crippen molar-refractivity contribution in [2.75, 3.05) is 0 Å². The Morgan fingerprint density at radius 2 is 1.66 bits per heavy atom. The van der Waals surface area contributed by atoms with E-state index in [-0.39, 0.29) is 24.6 Å². The highest BCUT2D eigenvalue weighted by molar-refractivity contribution is 5.83. The number of carbonyl (C=O) groups is 1. The van der Waals surface area contributed by atoms with E-state index in [0.29, 0.717) is 34.8 Å². The fourth-order valence-corrected chi connectivity index (χ4v) is 3.06. The van der Waals surface area contributed by atoms with Crippen LogP contribution in [0.15, 0.2) is 71.3 Å². The van der Waals surface area contributed by atoms with Gasteiger partial charge in [-0.1, -0.05) is 24.3 Å². The lowest BCUT2D eigenvalue weighted by molar-refractivity contribution is -0.117. The molecule has 0 aliphatic carbocycles. The zero-order valence-corrected chi connectivity index (χ0v) is 15.5. The van der Waals surface area contributed by atoms with E-state index in [0.717, 1.165) is 11.1 Å². The van der Waals surface area contributed by atoms with Gasteiger partial charge in [0.05, 0.1) is 5.39 Å². The molecule has 0 aliphatic heterocycles.